The van der Waals surface area contributed by atoms with Crippen LogP contribution in [0.3, 0.4) is 0 Å². The Hall–Kier alpha value is -1.88. The zero-order valence-corrected chi connectivity index (χ0v) is 9.53. The zero-order chi connectivity index (χ0) is 12.4. The van der Waals surface area contributed by atoms with E-state index in [9.17, 15) is 9.18 Å². The number of hydrogen-bond donors (Lipinski definition) is 2. The van der Waals surface area contributed by atoms with E-state index < -0.39 is 0 Å². The lowest BCUT2D eigenvalue weighted by molar-refractivity contribution is 0.628. The van der Waals surface area contributed by atoms with Gasteiger partial charge < -0.3 is 5.73 Å². The van der Waals surface area contributed by atoms with Crippen LogP contribution in [0.25, 0.3) is 11.3 Å². The summed E-state index contributed by atoms with van der Waals surface area (Å²) >= 11 is 0. The van der Waals surface area contributed by atoms with Crippen LogP contribution >= 0.6 is 0 Å². The van der Waals surface area contributed by atoms with Gasteiger partial charge in [0.1, 0.15) is 5.82 Å². The molecule has 3 N–H and O–H groups in total. The molecule has 17 heavy (non-hydrogen) atoms. The third kappa shape index (κ3) is 2.14. The maximum Gasteiger partial charge on any atom is 0.270 e. The van der Waals surface area contributed by atoms with Crippen molar-refractivity contribution in [1.82, 2.24) is 9.78 Å². The molecular weight excluding hydrogens is 221 g/mol. The fourth-order valence-corrected chi connectivity index (χ4v) is 1.83. The van der Waals surface area contributed by atoms with E-state index in [-0.39, 0.29) is 11.4 Å². The Balaban J connectivity index is 2.54. The number of nitrogens with zero attached hydrogens (tertiary/aromatic N) is 1. The molecular formula is C12H14FN3O. The Morgan fingerprint density at radius 2 is 2.00 bits per heavy atom. The van der Waals surface area contributed by atoms with Crippen molar-refractivity contribution in [3.05, 3.63) is 46.0 Å². The number of aromatic amines is 1. The highest BCUT2D eigenvalue weighted by molar-refractivity contribution is 5.62. The maximum absolute atomic E-state index is 12.8. The lowest BCUT2D eigenvalue weighted by atomic mass is 10.1. The molecule has 0 aliphatic heterocycles. The van der Waals surface area contributed by atoms with E-state index in [1.165, 1.54) is 16.8 Å². The lowest BCUT2D eigenvalue weighted by Gasteiger charge is -2.01. The predicted molar refractivity (Wildman–Crippen MR) is 64.2 cm³/mol. The van der Waals surface area contributed by atoms with Crippen LogP contribution < -0.4 is 11.3 Å². The summed E-state index contributed by atoms with van der Waals surface area (Å²) in [5, 5.41) is 2.96. The van der Waals surface area contributed by atoms with Crippen LogP contribution in [0.5, 0.6) is 0 Å². The van der Waals surface area contributed by atoms with E-state index in [0.717, 1.165) is 5.56 Å². The van der Waals surface area contributed by atoms with Crippen molar-refractivity contribution in [1.29, 1.82) is 0 Å². The second kappa shape index (κ2) is 4.55. The third-order valence-corrected chi connectivity index (χ3v) is 2.67. The van der Waals surface area contributed by atoms with E-state index in [4.69, 9.17) is 5.73 Å². The van der Waals surface area contributed by atoms with Gasteiger partial charge in [0.15, 0.2) is 0 Å². The van der Waals surface area contributed by atoms with Crippen molar-refractivity contribution in [3.63, 3.8) is 0 Å². The lowest BCUT2D eigenvalue weighted by Crippen LogP contribution is -2.17. The molecule has 5 heteroatoms. The summed E-state index contributed by atoms with van der Waals surface area (Å²) in [4.78, 5) is 11.8. The Morgan fingerprint density at radius 3 is 2.59 bits per heavy atom. The second-order valence-electron chi connectivity index (χ2n) is 3.88. The van der Waals surface area contributed by atoms with Gasteiger partial charge in [-0.1, -0.05) is 0 Å². The van der Waals surface area contributed by atoms with Crippen LogP contribution in [-0.2, 0) is 13.5 Å². The van der Waals surface area contributed by atoms with E-state index in [0.29, 0.717) is 24.2 Å². The summed E-state index contributed by atoms with van der Waals surface area (Å²) in [7, 11) is 1.65. The summed E-state index contributed by atoms with van der Waals surface area (Å²) < 4.78 is 14.2. The number of H-pyrrole nitrogens is 1. The number of nitrogens with two attached hydrogens (primary N) is 1. The van der Waals surface area contributed by atoms with Crippen LogP contribution in [0.4, 0.5) is 4.39 Å². The molecule has 0 radical (unpaired) electrons. The molecule has 0 saturated carbocycles. The number of aryl methyl sites for hydroxylation is 1. The topological polar surface area (TPSA) is 63.8 Å². The molecule has 1 heterocycles. The summed E-state index contributed by atoms with van der Waals surface area (Å²) in [5.41, 5.74) is 7.54. The SMILES string of the molecule is Cn1[nH]c(-c2ccc(F)cc2)c(CCN)c1=O. The van der Waals surface area contributed by atoms with Gasteiger partial charge in [0.25, 0.3) is 5.56 Å². The molecule has 0 spiro atoms. The van der Waals surface area contributed by atoms with Gasteiger partial charge in [-0.15, -0.1) is 0 Å². The molecule has 0 aliphatic carbocycles. The number of rotatable bonds is 3. The average molecular weight is 235 g/mol. The number of aromatic nitrogens is 2. The quantitative estimate of drug-likeness (QED) is 0.834. The van der Waals surface area contributed by atoms with Crippen LogP contribution in [0.2, 0.25) is 0 Å². The van der Waals surface area contributed by atoms with Crippen LogP contribution in [0, 0.1) is 5.82 Å². The molecule has 0 unspecified atom stereocenters. The van der Waals surface area contributed by atoms with Gasteiger partial charge in [0, 0.05) is 18.2 Å². The van der Waals surface area contributed by atoms with E-state index in [2.05, 4.69) is 5.10 Å². The number of hydrogen-bond acceptors (Lipinski definition) is 2. The van der Waals surface area contributed by atoms with Gasteiger partial charge in [0.2, 0.25) is 0 Å². The molecule has 1 aromatic heterocycles. The van der Waals surface area contributed by atoms with Gasteiger partial charge in [-0.05, 0) is 37.2 Å². The highest BCUT2D eigenvalue weighted by Crippen LogP contribution is 2.19. The smallest absolute Gasteiger partial charge is 0.270 e. The van der Waals surface area contributed by atoms with Crippen molar-refractivity contribution in [2.75, 3.05) is 6.54 Å². The minimum absolute atomic E-state index is 0.0882. The molecule has 2 rings (SSSR count). The average Bonchev–Trinajstić information content (AvgIpc) is 2.59. The Bertz CT molecular complexity index is 568. The molecule has 90 valence electrons. The molecule has 0 atom stereocenters. The fraction of sp³-hybridized carbons (Fsp3) is 0.250. The van der Waals surface area contributed by atoms with Gasteiger partial charge in [0.05, 0.1) is 5.69 Å². The standard InChI is InChI=1S/C12H14FN3O/c1-16-12(17)10(6-7-14)11(15-16)8-2-4-9(13)5-3-8/h2-5,15H,6-7,14H2,1H3. The third-order valence-electron chi connectivity index (χ3n) is 2.67. The summed E-state index contributed by atoms with van der Waals surface area (Å²) in [6.07, 6.45) is 0.503. The van der Waals surface area contributed by atoms with Crippen LogP contribution in [0.15, 0.2) is 29.1 Å². The minimum atomic E-state index is -0.299. The first-order chi connectivity index (χ1) is 8.13. The van der Waals surface area contributed by atoms with Crippen molar-refractivity contribution < 1.29 is 4.39 Å². The van der Waals surface area contributed by atoms with Gasteiger partial charge in [-0.2, -0.15) is 0 Å². The van der Waals surface area contributed by atoms with Crippen molar-refractivity contribution >= 4 is 0 Å². The molecule has 2 aromatic rings. The molecule has 0 amide bonds. The molecule has 1 aromatic carbocycles. The predicted octanol–water partition coefficient (Wildman–Crippen LogP) is 1.02. The first kappa shape index (κ1) is 11.6. The normalized spacial score (nSPS) is 10.8. The second-order valence-corrected chi connectivity index (χ2v) is 3.88. The zero-order valence-electron chi connectivity index (χ0n) is 9.53. The first-order valence-corrected chi connectivity index (χ1v) is 5.37. The molecule has 0 fully saturated rings. The highest BCUT2D eigenvalue weighted by atomic mass is 19.1. The van der Waals surface area contributed by atoms with Crippen molar-refractivity contribution in [3.8, 4) is 11.3 Å². The van der Waals surface area contributed by atoms with Gasteiger partial charge in [-0.3, -0.25) is 14.6 Å². The first-order valence-electron chi connectivity index (χ1n) is 5.37. The van der Waals surface area contributed by atoms with Gasteiger partial charge >= 0.3 is 0 Å². The largest absolute Gasteiger partial charge is 0.330 e. The van der Waals surface area contributed by atoms with Crippen LogP contribution in [0.1, 0.15) is 5.56 Å². The summed E-state index contributed by atoms with van der Waals surface area (Å²) in [6.45, 7) is 0.404. The number of benzene rings is 1. The Morgan fingerprint density at radius 1 is 1.35 bits per heavy atom. The van der Waals surface area contributed by atoms with E-state index in [1.807, 2.05) is 0 Å². The molecule has 0 aliphatic rings. The van der Waals surface area contributed by atoms with Crippen molar-refractivity contribution in [2.24, 2.45) is 12.8 Å². The Labute approximate surface area is 97.9 Å². The van der Waals surface area contributed by atoms with Gasteiger partial charge in [-0.25, -0.2) is 4.39 Å². The van der Waals surface area contributed by atoms with E-state index >= 15 is 0 Å². The summed E-state index contributed by atoms with van der Waals surface area (Å²) in [6, 6.07) is 6.01. The van der Waals surface area contributed by atoms with E-state index in [1.54, 1.807) is 19.2 Å². The number of halogens is 1. The minimum Gasteiger partial charge on any atom is -0.330 e. The number of nitrogens with one attached hydrogen (secondary N) is 1. The highest BCUT2D eigenvalue weighted by Gasteiger charge is 2.13. The molecule has 0 saturated heterocycles. The fourth-order valence-electron chi connectivity index (χ4n) is 1.83. The molecule has 4 nitrogen and oxygen atoms in total. The van der Waals surface area contributed by atoms with Crippen molar-refractivity contribution in [2.45, 2.75) is 6.42 Å². The monoisotopic (exact) mass is 235 g/mol. The molecule has 0 bridgehead atoms. The summed E-state index contributed by atoms with van der Waals surface area (Å²) in [5.74, 6) is -0.299. The van der Waals surface area contributed by atoms with Crippen LogP contribution in [-0.4, -0.2) is 16.3 Å². The maximum atomic E-state index is 12.8. The Kier molecular flexibility index (Phi) is 3.10.